The van der Waals surface area contributed by atoms with E-state index in [0.29, 0.717) is 0 Å². The minimum atomic E-state index is 0.731. The predicted molar refractivity (Wildman–Crippen MR) is 75.6 cm³/mol. The number of benzene rings is 1. The Morgan fingerprint density at radius 3 is 3.06 bits per heavy atom. The quantitative estimate of drug-likeness (QED) is 0.707. The van der Waals surface area contributed by atoms with Crippen molar-refractivity contribution >= 4 is 33.6 Å². The maximum absolute atomic E-state index is 5.76. The topological polar surface area (TPSA) is 63.8 Å². The molecule has 0 bridgehead atoms. The average molecular weight is 256 g/mol. The third-order valence-corrected chi connectivity index (χ3v) is 3.48. The molecule has 18 heavy (non-hydrogen) atoms. The number of nitrogens with two attached hydrogens (primary N) is 1. The fourth-order valence-electron chi connectivity index (χ4n) is 1.83. The van der Waals surface area contributed by atoms with Crippen LogP contribution in [0.2, 0.25) is 0 Å². The van der Waals surface area contributed by atoms with Crippen molar-refractivity contribution < 1.29 is 0 Å². The van der Waals surface area contributed by atoms with Gasteiger partial charge in [0.25, 0.3) is 0 Å². The molecule has 5 heteroatoms. The van der Waals surface area contributed by atoms with E-state index in [-0.39, 0.29) is 0 Å². The van der Waals surface area contributed by atoms with E-state index in [4.69, 9.17) is 5.73 Å². The molecular weight excluding hydrogens is 244 g/mol. The lowest BCUT2D eigenvalue weighted by Gasteiger charge is -2.08. The molecule has 0 saturated heterocycles. The van der Waals surface area contributed by atoms with Crippen LogP contribution < -0.4 is 11.1 Å². The van der Waals surface area contributed by atoms with Crippen molar-refractivity contribution in [2.45, 2.75) is 6.54 Å². The molecular formula is C13H12N4S. The van der Waals surface area contributed by atoms with Crippen molar-refractivity contribution in [2.75, 3.05) is 11.1 Å². The van der Waals surface area contributed by atoms with Crippen LogP contribution in [0.15, 0.2) is 42.2 Å². The van der Waals surface area contributed by atoms with Crippen molar-refractivity contribution in [2.24, 2.45) is 0 Å². The van der Waals surface area contributed by atoms with Gasteiger partial charge in [0.1, 0.15) is 0 Å². The summed E-state index contributed by atoms with van der Waals surface area (Å²) < 4.78 is 0. The van der Waals surface area contributed by atoms with E-state index in [0.717, 1.165) is 28.8 Å². The lowest BCUT2D eigenvalue weighted by atomic mass is 10.1. The molecule has 0 unspecified atom stereocenters. The van der Waals surface area contributed by atoms with Gasteiger partial charge in [-0.1, -0.05) is 0 Å². The molecule has 0 fully saturated rings. The van der Waals surface area contributed by atoms with Crippen LogP contribution in [0.4, 0.5) is 11.4 Å². The zero-order chi connectivity index (χ0) is 12.4. The van der Waals surface area contributed by atoms with Crippen molar-refractivity contribution in [3.05, 3.63) is 47.0 Å². The number of hydrogen-bond acceptors (Lipinski definition) is 5. The Morgan fingerprint density at radius 1 is 1.28 bits per heavy atom. The summed E-state index contributed by atoms with van der Waals surface area (Å²) in [4.78, 5) is 9.58. The van der Waals surface area contributed by atoms with Crippen LogP contribution in [0, 0.1) is 0 Å². The highest BCUT2D eigenvalue weighted by atomic mass is 32.1. The van der Waals surface area contributed by atoms with Crippen molar-refractivity contribution in [3.63, 3.8) is 0 Å². The molecule has 0 spiro atoms. The predicted octanol–water partition coefficient (Wildman–Crippen LogP) is 2.89. The van der Waals surface area contributed by atoms with Gasteiger partial charge in [0.15, 0.2) is 0 Å². The summed E-state index contributed by atoms with van der Waals surface area (Å²) in [6.45, 7) is 0.772. The van der Waals surface area contributed by atoms with Gasteiger partial charge in [0.2, 0.25) is 0 Å². The third kappa shape index (κ3) is 2.12. The van der Waals surface area contributed by atoms with E-state index >= 15 is 0 Å². The normalized spacial score (nSPS) is 10.7. The summed E-state index contributed by atoms with van der Waals surface area (Å²) in [5.74, 6) is 0. The Balaban J connectivity index is 1.92. The zero-order valence-electron chi connectivity index (χ0n) is 9.63. The molecule has 0 atom stereocenters. The summed E-state index contributed by atoms with van der Waals surface area (Å²) in [6.07, 6.45) is 3.66. The number of hydrogen-bond donors (Lipinski definition) is 2. The van der Waals surface area contributed by atoms with Gasteiger partial charge in [-0.05, 0) is 24.3 Å². The SMILES string of the molecule is Nc1ccc2c(NCc3cncs3)ccnc2c1. The van der Waals surface area contributed by atoms with E-state index in [1.165, 1.54) is 4.88 Å². The first kappa shape index (κ1) is 11.0. The monoisotopic (exact) mass is 256 g/mol. The smallest absolute Gasteiger partial charge is 0.0794 e. The zero-order valence-corrected chi connectivity index (χ0v) is 10.4. The summed E-state index contributed by atoms with van der Waals surface area (Å²) in [7, 11) is 0. The first-order valence-electron chi connectivity index (χ1n) is 5.58. The molecule has 0 saturated carbocycles. The van der Waals surface area contributed by atoms with E-state index < -0.39 is 0 Å². The molecule has 90 valence electrons. The molecule has 0 amide bonds. The number of anilines is 2. The molecule has 2 aromatic heterocycles. The van der Waals surface area contributed by atoms with Crippen LogP contribution in [0.25, 0.3) is 10.9 Å². The molecule has 2 heterocycles. The van der Waals surface area contributed by atoms with Crippen molar-refractivity contribution in [3.8, 4) is 0 Å². The van der Waals surface area contributed by atoms with E-state index in [9.17, 15) is 0 Å². The average Bonchev–Trinajstić information content (AvgIpc) is 2.89. The molecule has 4 nitrogen and oxygen atoms in total. The highest BCUT2D eigenvalue weighted by Crippen LogP contribution is 2.24. The maximum Gasteiger partial charge on any atom is 0.0794 e. The van der Waals surface area contributed by atoms with Crippen LogP contribution in [0.3, 0.4) is 0 Å². The minimum Gasteiger partial charge on any atom is -0.399 e. The van der Waals surface area contributed by atoms with Crippen molar-refractivity contribution in [1.82, 2.24) is 9.97 Å². The standard InChI is InChI=1S/C13H12N4S/c14-9-1-2-11-12(3-4-16-13(11)5-9)17-7-10-6-15-8-18-10/h1-6,8H,7,14H2,(H,16,17). The lowest BCUT2D eigenvalue weighted by molar-refractivity contribution is 1.18. The second-order valence-electron chi connectivity index (χ2n) is 3.96. The molecule has 3 N–H and O–H groups in total. The van der Waals surface area contributed by atoms with Crippen LogP contribution in [0.1, 0.15) is 4.88 Å². The van der Waals surface area contributed by atoms with Gasteiger partial charge in [-0.15, -0.1) is 11.3 Å². The number of thiazole rings is 1. The Morgan fingerprint density at radius 2 is 2.22 bits per heavy atom. The molecule has 1 aromatic carbocycles. The number of nitrogens with zero attached hydrogens (tertiary/aromatic N) is 2. The summed E-state index contributed by atoms with van der Waals surface area (Å²) >= 11 is 1.64. The van der Waals surface area contributed by atoms with Gasteiger partial charge in [-0.2, -0.15) is 0 Å². The number of aromatic nitrogens is 2. The number of pyridine rings is 1. The largest absolute Gasteiger partial charge is 0.399 e. The second-order valence-corrected chi connectivity index (χ2v) is 4.93. The van der Waals surface area contributed by atoms with E-state index in [1.807, 2.05) is 36.0 Å². The van der Waals surface area contributed by atoms with Crippen molar-refractivity contribution in [1.29, 1.82) is 0 Å². The highest BCUT2D eigenvalue weighted by Gasteiger charge is 2.02. The molecule has 0 aliphatic heterocycles. The summed E-state index contributed by atoms with van der Waals surface area (Å²) in [5, 5.41) is 4.48. The summed E-state index contributed by atoms with van der Waals surface area (Å²) in [6, 6.07) is 7.74. The number of rotatable bonds is 3. The number of nitrogens with one attached hydrogen (secondary N) is 1. The minimum absolute atomic E-state index is 0.731. The maximum atomic E-state index is 5.76. The number of nitrogen functional groups attached to an aromatic ring is 1. The Kier molecular flexibility index (Phi) is 2.82. The first-order valence-corrected chi connectivity index (χ1v) is 6.46. The summed E-state index contributed by atoms with van der Waals surface area (Å²) in [5.41, 5.74) is 10.3. The van der Waals surface area contributed by atoms with E-state index in [2.05, 4.69) is 15.3 Å². The van der Waals surface area contributed by atoms with Crippen LogP contribution >= 0.6 is 11.3 Å². The van der Waals surface area contributed by atoms with Crippen LogP contribution in [-0.2, 0) is 6.54 Å². The highest BCUT2D eigenvalue weighted by molar-refractivity contribution is 7.09. The third-order valence-electron chi connectivity index (χ3n) is 2.70. The molecule has 0 aliphatic rings. The Hall–Kier alpha value is -2.14. The first-order chi connectivity index (χ1) is 8.83. The Bertz CT molecular complexity index is 664. The van der Waals surface area contributed by atoms with Gasteiger partial charge in [0, 0.05) is 34.0 Å². The van der Waals surface area contributed by atoms with E-state index in [1.54, 1.807) is 17.5 Å². The van der Waals surface area contributed by atoms with Gasteiger partial charge >= 0.3 is 0 Å². The van der Waals surface area contributed by atoms with Gasteiger partial charge in [0.05, 0.1) is 17.6 Å². The lowest BCUT2D eigenvalue weighted by Crippen LogP contribution is -1.99. The van der Waals surface area contributed by atoms with Crippen LogP contribution in [0.5, 0.6) is 0 Å². The van der Waals surface area contributed by atoms with Crippen LogP contribution in [-0.4, -0.2) is 9.97 Å². The fraction of sp³-hybridized carbons (Fsp3) is 0.0769. The second kappa shape index (κ2) is 4.62. The number of fused-ring (bicyclic) bond motifs is 1. The fourth-order valence-corrected chi connectivity index (χ4v) is 2.37. The van der Waals surface area contributed by atoms with Gasteiger partial charge < -0.3 is 11.1 Å². The molecule has 0 radical (unpaired) electrons. The van der Waals surface area contributed by atoms with Gasteiger partial charge in [-0.3, -0.25) is 9.97 Å². The molecule has 3 rings (SSSR count). The Labute approximate surface area is 109 Å². The molecule has 3 aromatic rings. The van der Waals surface area contributed by atoms with Gasteiger partial charge in [-0.25, -0.2) is 0 Å². The molecule has 0 aliphatic carbocycles.